The van der Waals surface area contributed by atoms with Crippen LogP contribution in [0, 0.1) is 12.7 Å². The maximum atomic E-state index is 14.4. The highest BCUT2D eigenvalue weighted by molar-refractivity contribution is 5.93. The van der Waals surface area contributed by atoms with Gasteiger partial charge in [-0.3, -0.25) is 9.69 Å². The normalized spacial score (nSPS) is 14.3. The third kappa shape index (κ3) is 4.96. The number of phenolic OH excluding ortho intramolecular Hbond substituents is 1. The highest BCUT2D eigenvalue weighted by atomic mass is 19.1. The minimum atomic E-state index is -0.502. The molecule has 0 spiro atoms. The van der Waals surface area contributed by atoms with Crippen LogP contribution in [0.1, 0.15) is 12.5 Å². The summed E-state index contributed by atoms with van der Waals surface area (Å²) in [7, 11) is 1.55. The van der Waals surface area contributed by atoms with Crippen molar-refractivity contribution in [3.8, 4) is 17.2 Å². The van der Waals surface area contributed by atoms with Crippen molar-refractivity contribution in [2.24, 2.45) is 0 Å². The molecule has 2 heterocycles. The number of hydrogen-bond acceptors (Lipinski definition) is 8. The molecule has 34 heavy (non-hydrogen) atoms. The Morgan fingerprint density at radius 3 is 2.65 bits per heavy atom. The molecule has 1 saturated heterocycles. The van der Waals surface area contributed by atoms with E-state index in [-0.39, 0.29) is 17.3 Å². The summed E-state index contributed by atoms with van der Waals surface area (Å²) in [5.41, 5.74) is 1.12. The quantitative estimate of drug-likeness (QED) is 0.545. The summed E-state index contributed by atoms with van der Waals surface area (Å²) in [6, 6.07) is 6.01. The highest BCUT2D eigenvalue weighted by Gasteiger charge is 2.19. The number of aromatic hydroxyl groups is 1. The van der Waals surface area contributed by atoms with Crippen molar-refractivity contribution in [3.63, 3.8) is 0 Å². The molecule has 1 aliphatic heterocycles. The van der Waals surface area contributed by atoms with E-state index < -0.39 is 5.82 Å². The van der Waals surface area contributed by atoms with Gasteiger partial charge in [0.05, 0.1) is 18.3 Å². The number of nitrogens with one attached hydrogen (secondary N) is 1. The number of ether oxygens (including phenoxy) is 2. The van der Waals surface area contributed by atoms with E-state index in [1.54, 1.807) is 33.1 Å². The number of hydrogen-bond donors (Lipinski definition) is 2. The van der Waals surface area contributed by atoms with Gasteiger partial charge in [-0.2, -0.15) is 0 Å². The van der Waals surface area contributed by atoms with Crippen LogP contribution in [0.15, 0.2) is 30.6 Å². The predicted molar refractivity (Wildman–Crippen MR) is 126 cm³/mol. The third-order valence-corrected chi connectivity index (χ3v) is 6.03. The SMILES string of the molecule is COc1cc2c(Nc3c(F)ccc(O)c3C)ncnc2cc1OCCN1CCN(C(C)=O)CC1. The number of phenols is 1. The molecule has 1 amide bonds. The molecule has 0 saturated carbocycles. The summed E-state index contributed by atoms with van der Waals surface area (Å²) in [5.74, 6) is 1.01. The van der Waals surface area contributed by atoms with E-state index in [9.17, 15) is 14.3 Å². The molecule has 0 atom stereocenters. The number of piperazine rings is 1. The number of fused-ring (bicyclic) bond motifs is 1. The lowest BCUT2D eigenvalue weighted by Crippen LogP contribution is -2.48. The second kappa shape index (κ2) is 10.1. The van der Waals surface area contributed by atoms with Crippen molar-refractivity contribution < 1.29 is 23.8 Å². The van der Waals surface area contributed by atoms with Gasteiger partial charge in [0.2, 0.25) is 5.91 Å². The lowest BCUT2D eigenvalue weighted by Gasteiger charge is -2.34. The smallest absolute Gasteiger partial charge is 0.219 e. The number of halogens is 1. The molecule has 0 bridgehead atoms. The summed E-state index contributed by atoms with van der Waals surface area (Å²) >= 11 is 0. The Labute approximate surface area is 197 Å². The van der Waals surface area contributed by atoms with Crippen molar-refractivity contribution >= 4 is 28.3 Å². The van der Waals surface area contributed by atoms with Gasteiger partial charge < -0.3 is 24.8 Å². The number of benzene rings is 2. The molecule has 0 unspecified atom stereocenters. The molecule has 1 aliphatic rings. The van der Waals surface area contributed by atoms with Gasteiger partial charge >= 0.3 is 0 Å². The molecule has 2 N–H and O–H groups in total. The van der Waals surface area contributed by atoms with Crippen molar-refractivity contribution in [1.29, 1.82) is 0 Å². The molecule has 180 valence electrons. The Balaban J connectivity index is 1.50. The minimum Gasteiger partial charge on any atom is -0.508 e. The van der Waals surface area contributed by atoms with Gasteiger partial charge in [0.25, 0.3) is 0 Å². The van der Waals surface area contributed by atoms with Crippen LogP contribution in [0.25, 0.3) is 10.9 Å². The maximum Gasteiger partial charge on any atom is 0.219 e. The summed E-state index contributed by atoms with van der Waals surface area (Å²) < 4.78 is 25.9. The van der Waals surface area contributed by atoms with Gasteiger partial charge in [-0.15, -0.1) is 0 Å². The van der Waals surface area contributed by atoms with E-state index in [4.69, 9.17) is 9.47 Å². The fraction of sp³-hybridized carbons (Fsp3) is 0.375. The van der Waals surface area contributed by atoms with Gasteiger partial charge in [0.1, 0.15) is 30.3 Å². The first-order valence-corrected chi connectivity index (χ1v) is 11.1. The molecule has 1 aromatic heterocycles. The topological polar surface area (TPSA) is 100 Å². The van der Waals surface area contributed by atoms with E-state index in [1.165, 1.54) is 18.5 Å². The molecular weight excluding hydrogens is 441 g/mol. The van der Waals surface area contributed by atoms with E-state index in [1.807, 2.05) is 4.90 Å². The number of methoxy groups -OCH3 is 1. The summed E-state index contributed by atoms with van der Waals surface area (Å²) in [6.45, 7) is 7.45. The van der Waals surface area contributed by atoms with Gasteiger partial charge in [-0.1, -0.05) is 0 Å². The van der Waals surface area contributed by atoms with Crippen LogP contribution in [0.5, 0.6) is 17.2 Å². The standard InChI is InChI=1S/C24H28FN5O4/c1-15-20(32)5-4-18(25)23(15)28-24-17-12-21(33-3)22(13-19(17)26-14-27-24)34-11-10-29-6-8-30(9-7-29)16(2)31/h4-5,12-14,32H,6-11H2,1-3H3,(H,26,27,28). The predicted octanol–water partition coefficient (Wildman–Crippen LogP) is 3.08. The molecule has 3 aromatic rings. The number of carbonyl (C=O) groups excluding carboxylic acids is 1. The van der Waals surface area contributed by atoms with E-state index in [0.717, 1.165) is 32.7 Å². The molecule has 0 aliphatic carbocycles. The lowest BCUT2D eigenvalue weighted by molar-refractivity contribution is -0.130. The van der Waals surface area contributed by atoms with Gasteiger partial charge in [-0.05, 0) is 25.1 Å². The monoisotopic (exact) mass is 469 g/mol. The van der Waals surface area contributed by atoms with Crippen LogP contribution in [-0.2, 0) is 4.79 Å². The first kappa shape index (κ1) is 23.5. The van der Waals surface area contributed by atoms with Gasteiger partial charge in [-0.25, -0.2) is 14.4 Å². The zero-order chi connectivity index (χ0) is 24.2. The van der Waals surface area contributed by atoms with Crippen LogP contribution in [0.2, 0.25) is 0 Å². The summed E-state index contributed by atoms with van der Waals surface area (Å²) in [5, 5.41) is 13.5. The van der Waals surface area contributed by atoms with Crippen molar-refractivity contribution in [3.05, 3.63) is 42.0 Å². The average molecular weight is 470 g/mol. The van der Waals surface area contributed by atoms with Crippen LogP contribution < -0.4 is 14.8 Å². The van der Waals surface area contributed by atoms with E-state index in [0.29, 0.717) is 40.4 Å². The first-order valence-electron chi connectivity index (χ1n) is 11.1. The second-order valence-electron chi connectivity index (χ2n) is 8.13. The fourth-order valence-electron chi connectivity index (χ4n) is 3.95. The number of nitrogens with zero attached hydrogens (tertiary/aromatic N) is 4. The molecule has 4 rings (SSSR count). The number of rotatable bonds is 7. The Bertz CT molecular complexity index is 1200. The Morgan fingerprint density at radius 1 is 1.18 bits per heavy atom. The molecular formula is C24H28FN5O4. The zero-order valence-corrected chi connectivity index (χ0v) is 19.5. The van der Waals surface area contributed by atoms with Crippen LogP contribution >= 0.6 is 0 Å². The Kier molecular flexibility index (Phi) is 6.97. The Morgan fingerprint density at radius 2 is 1.94 bits per heavy atom. The van der Waals surface area contributed by atoms with E-state index >= 15 is 0 Å². The van der Waals surface area contributed by atoms with E-state index in [2.05, 4.69) is 20.2 Å². The number of carbonyl (C=O) groups is 1. The minimum absolute atomic E-state index is 0.0155. The lowest BCUT2D eigenvalue weighted by atomic mass is 10.1. The van der Waals surface area contributed by atoms with Gasteiger partial charge in [0.15, 0.2) is 11.5 Å². The second-order valence-corrected chi connectivity index (χ2v) is 8.13. The summed E-state index contributed by atoms with van der Waals surface area (Å²) in [6.07, 6.45) is 1.38. The number of aromatic nitrogens is 2. The molecule has 0 radical (unpaired) electrons. The zero-order valence-electron chi connectivity index (χ0n) is 19.5. The maximum absolute atomic E-state index is 14.4. The Hall–Kier alpha value is -3.66. The first-order chi connectivity index (χ1) is 16.4. The summed E-state index contributed by atoms with van der Waals surface area (Å²) in [4.78, 5) is 24.2. The number of amides is 1. The average Bonchev–Trinajstić information content (AvgIpc) is 2.84. The van der Waals surface area contributed by atoms with Crippen LogP contribution in [0.4, 0.5) is 15.9 Å². The third-order valence-electron chi connectivity index (χ3n) is 6.03. The van der Waals surface area contributed by atoms with Crippen LogP contribution in [-0.4, -0.2) is 77.2 Å². The van der Waals surface area contributed by atoms with Crippen LogP contribution in [0.3, 0.4) is 0 Å². The number of anilines is 2. The largest absolute Gasteiger partial charge is 0.508 e. The fourth-order valence-corrected chi connectivity index (χ4v) is 3.95. The van der Waals surface area contributed by atoms with Crippen molar-refractivity contribution in [2.45, 2.75) is 13.8 Å². The van der Waals surface area contributed by atoms with Crippen molar-refractivity contribution in [1.82, 2.24) is 19.8 Å². The molecule has 2 aromatic carbocycles. The van der Waals surface area contributed by atoms with Crippen molar-refractivity contribution in [2.75, 3.05) is 51.8 Å². The molecule has 9 nitrogen and oxygen atoms in total. The molecule has 10 heteroatoms. The molecule has 1 fully saturated rings. The highest BCUT2D eigenvalue weighted by Crippen LogP contribution is 2.36. The van der Waals surface area contributed by atoms with Gasteiger partial charge in [0, 0.05) is 56.7 Å².